The molecule has 0 unspecified atom stereocenters. The fourth-order valence-electron chi connectivity index (χ4n) is 1.73. The van der Waals surface area contributed by atoms with E-state index in [-0.39, 0.29) is 0 Å². The number of hydrogen-bond donors (Lipinski definition) is 2. The van der Waals surface area contributed by atoms with Gasteiger partial charge in [-0.15, -0.1) is 0 Å². The highest BCUT2D eigenvalue weighted by atomic mass is 15.1. The minimum atomic E-state index is 0.489. The van der Waals surface area contributed by atoms with Crippen LogP contribution in [0.3, 0.4) is 0 Å². The van der Waals surface area contributed by atoms with Crippen LogP contribution in [0.1, 0.15) is 23.6 Å². The molecule has 0 aliphatic heterocycles. The van der Waals surface area contributed by atoms with Gasteiger partial charge in [-0.1, -0.05) is 35.9 Å². The molecule has 18 heavy (non-hydrogen) atoms. The van der Waals surface area contributed by atoms with Crippen molar-refractivity contribution in [1.82, 2.24) is 5.32 Å². The van der Waals surface area contributed by atoms with Crippen molar-refractivity contribution < 1.29 is 0 Å². The first-order chi connectivity index (χ1) is 8.49. The van der Waals surface area contributed by atoms with E-state index in [9.17, 15) is 0 Å². The quantitative estimate of drug-likeness (QED) is 0.475. The minimum absolute atomic E-state index is 0.489. The summed E-state index contributed by atoms with van der Waals surface area (Å²) in [6.45, 7) is 11.4. The zero-order valence-electron chi connectivity index (χ0n) is 11.6. The van der Waals surface area contributed by atoms with Gasteiger partial charge in [-0.05, 0) is 38.3 Å². The molecule has 0 spiro atoms. The normalized spacial score (nSPS) is 11.4. The first kappa shape index (κ1) is 14.3. The Labute approximate surface area is 110 Å². The van der Waals surface area contributed by atoms with E-state index in [2.05, 4.69) is 48.9 Å². The highest BCUT2D eigenvalue weighted by molar-refractivity contribution is 5.77. The van der Waals surface area contributed by atoms with Crippen LogP contribution < -0.4 is 11.1 Å². The second-order valence-corrected chi connectivity index (χ2v) is 4.77. The first-order valence-electron chi connectivity index (χ1n) is 6.23. The van der Waals surface area contributed by atoms with E-state index in [1.807, 2.05) is 6.92 Å². The van der Waals surface area contributed by atoms with E-state index < -0.39 is 0 Å². The first-order valence-corrected chi connectivity index (χ1v) is 6.23. The van der Waals surface area contributed by atoms with Gasteiger partial charge in [-0.25, -0.2) is 4.99 Å². The van der Waals surface area contributed by atoms with Crippen LogP contribution in [-0.2, 0) is 6.42 Å². The summed E-state index contributed by atoms with van der Waals surface area (Å²) in [4.78, 5) is 4.18. The molecule has 0 atom stereocenters. The SMILES string of the molecule is C=C(C)CN=C(N)NCCc1ccc(C)cc1C. The summed E-state index contributed by atoms with van der Waals surface area (Å²) in [7, 11) is 0. The molecule has 3 nitrogen and oxygen atoms in total. The maximum Gasteiger partial charge on any atom is 0.188 e. The van der Waals surface area contributed by atoms with Gasteiger partial charge in [0.15, 0.2) is 5.96 Å². The Balaban J connectivity index is 2.42. The minimum Gasteiger partial charge on any atom is -0.370 e. The highest BCUT2D eigenvalue weighted by Crippen LogP contribution is 2.10. The third-order valence-corrected chi connectivity index (χ3v) is 2.72. The van der Waals surface area contributed by atoms with E-state index >= 15 is 0 Å². The van der Waals surface area contributed by atoms with Gasteiger partial charge in [0.25, 0.3) is 0 Å². The lowest BCUT2D eigenvalue weighted by atomic mass is 10.0. The predicted molar refractivity (Wildman–Crippen MR) is 78.9 cm³/mol. The average Bonchev–Trinajstić information content (AvgIpc) is 2.29. The summed E-state index contributed by atoms with van der Waals surface area (Å²) < 4.78 is 0. The monoisotopic (exact) mass is 245 g/mol. The Bertz CT molecular complexity index is 447. The number of benzene rings is 1. The average molecular weight is 245 g/mol. The van der Waals surface area contributed by atoms with Crippen LogP contribution in [0.5, 0.6) is 0 Å². The van der Waals surface area contributed by atoms with Crippen molar-refractivity contribution in [2.45, 2.75) is 27.2 Å². The number of nitrogens with one attached hydrogen (secondary N) is 1. The molecule has 0 fully saturated rings. The summed E-state index contributed by atoms with van der Waals surface area (Å²) >= 11 is 0. The molecule has 0 bridgehead atoms. The molecule has 1 aromatic rings. The summed E-state index contributed by atoms with van der Waals surface area (Å²) in [5.41, 5.74) is 10.7. The van der Waals surface area contributed by atoms with Crippen molar-refractivity contribution in [2.75, 3.05) is 13.1 Å². The van der Waals surface area contributed by atoms with Gasteiger partial charge < -0.3 is 11.1 Å². The van der Waals surface area contributed by atoms with E-state index in [0.717, 1.165) is 18.5 Å². The van der Waals surface area contributed by atoms with Crippen LogP contribution in [0.4, 0.5) is 0 Å². The largest absolute Gasteiger partial charge is 0.370 e. The van der Waals surface area contributed by atoms with Crippen molar-refractivity contribution in [3.63, 3.8) is 0 Å². The molecule has 0 saturated heterocycles. The smallest absolute Gasteiger partial charge is 0.188 e. The molecule has 0 aliphatic carbocycles. The van der Waals surface area contributed by atoms with Crippen LogP contribution >= 0.6 is 0 Å². The Morgan fingerprint density at radius 3 is 2.72 bits per heavy atom. The van der Waals surface area contributed by atoms with Gasteiger partial charge in [0.1, 0.15) is 0 Å². The number of guanidine groups is 1. The number of nitrogens with two attached hydrogens (primary N) is 1. The Morgan fingerprint density at radius 2 is 2.11 bits per heavy atom. The maximum atomic E-state index is 5.75. The van der Waals surface area contributed by atoms with E-state index in [4.69, 9.17) is 5.73 Å². The lowest BCUT2D eigenvalue weighted by Crippen LogP contribution is -2.33. The zero-order valence-corrected chi connectivity index (χ0v) is 11.6. The molecule has 0 radical (unpaired) electrons. The summed E-state index contributed by atoms with van der Waals surface area (Å²) in [5, 5.41) is 3.11. The van der Waals surface area contributed by atoms with Crippen LogP contribution in [-0.4, -0.2) is 19.0 Å². The number of aliphatic imine (C=N–C) groups is 1. The lowest BCUT2D eigenvalue weighted by molar-refractivity contribution is 0.847. The molecular formula is C15H23N3. The second kappa shape index (κ2) is 6.84. The van der Waals surface area contributed by atoms with E-state index in [1.165, 1.54) is 16.7 Å². The van der Waals surface area contributed by atoms with Crippen molar-refractivity contribution in [3.05, 3.63) is 47.0 Å². The van der Waals surface area contributed by atoms with Crippen molar-refractivity contribution in [3.8, 4) is 0 Å². The van der Waals surface area contributed by atoms with Crippen molar-refractivity contribution in [1.29, 1.82) is 0 Å². The Hall–Kier alpha value is -1.77. The molecule has 1 rings (SSSR count). The molecule has 0 saturated carbocycles. The molecule has 0 aliphatic rings. The molecule has 0 aromatic heterocycles. The zero-order chi connectivity index (χ0) is 13.5. The summed E-state index contributed by atoms with van der Waals surface area (Å²) in [5.74, 6) is 0.489. The highest BCUT2D eigenvalue weighted by Gasteiger charge is 1.99. The molecular weight excluding hydrogens is 222 g/mol. The Morgan fingerprint density at radius 1 is 1.39 bits per heavy atom. The molecule has 3 heteroatoms. The van der Waals surface area contributed by atoms with Crippen LogP contribution in [0.25, 0.3) is 0 Å². The van der Waals surface area contributed by atoms with E-state index in [1.54, 1.807) is 0 Å². The summed E-state index contributed by atoms with van der Waals surface area (Å²) in [6.07, 6.45) is 0.954. The second-order valence-electron chi connectivity index (χ2n) is 4.77. The fourth-order valence-corrected chi connectivity index (χ4v) is 1.73. The number of aryl methyl sites for hydroxylation is 2. The third-order valence-electron chi connectivity index (χ3n) is 2.72. The van der Waals surface area contributed by atoms with E-state index in [0.29, 0.717) is 12.5 Å². The van der Waals surface area contributed by atoms with Gasteiger partial charge in [0.2, 0.25) is 0 Å². The van der Waals surface area contributed by atoms with Crippen molar-refractivity contribution >= 4 is 5.96 Å². The van der Waals surface area contributed by atoms with Gasteiger partial charge in [0, 0.05) is 6.54 Å². The predicted octanol–water partition coefficient (Wildman–Crippen LogP) is 2.33. The van der Waals surface area contributed by atoms with Gasteiger partial charge in [0.05, 0.1) is 6.54 Å². The number of nitrogens with zero attached hydrogens (tertiary/aromatic N) is 1. The Kier molecular flexibility index (Phi) is 5.43. The lowest BCUT2D eigenvalue weighted by Gasteiger charge is -2.08. The van der Waals surface area contributed by atoms with Crippen LogP contribution in [0, 0.1) is 13.8 Å². The topological polar surface area (TPSA) is 50.4 Å². The van der Waals surface area contributed by atoms with Crippen LogP contribution in [0.2, 0.25) is 0 Å². The number of hydrogen-bond acceptors (Lipinski definition) is 1. The van der Waals surface area contributed by atoms with Gasteiger partial charge in [-0.3, -0.25) is 0 Å². The van der Waals surface area contributed by atoms with Crippen molar-refractivity contribution in [2.24, 2.45) is 10.7 Å². The van der Waals surface area contributed by atoms with Gasteiger partial charge in [-0.2, -0.15) is 0 Å². The molecule has 0 amide bonds. The standard InChI is InChI=1S/C15H23N3/c1-11(2)10-18-15(16)17-8-7-14-6-5-12(3)9-13(14)4/h5-6,9H,1,7-8,10H2,2-4H3,(H3,16,17,18). The van der Waals surface area contributed by atoms with Crippen LogP contribution in [0.15, 0.2) is 35.3 Å². The molecule has 98 valence electrons. The summed E-state index contributed by atoms with van der Waals surface area (Å²) in [6, 6.07) is 6.52. The molecule has 3 N–H and O–H groups in total. The maximum absolute atomic E-state index is 5.75. The molecule has 0 heterocycles. The molecule has 1 aromatic carbocycles. The fraction of sp³-hybridized carbons (Fsp3) is 0.400. The van der Waals surface area contributed by atoms with Gasteiger partial charge >= 0.3 is 0 Å². The number of rotatable bonds is 5. The third kappa shape index (κ3) is 5.04.